The summed E-state index contributed by atoms with van der Waals surface area (Å²) in [7, 11) is 0. The summed E-state index contributed by atoms with van der Waals surface area (Å²) >= 11 is 2.56. The number of hydrogen-bond acceptors (Lipinski definition) is 6. The summed E-state index contributed by atoms with van der Waals surface area (Å²) in [5, 5.41) is 2.70. The first-order chi connectivity index (χ1) is 11.0. The summed E-state index contributed by atoms with van der Waals surface area (Å²) in [6, 6.07) is 10.5. The molecule has 1 amide bonds. The molecule has 2 rings (SSSR count). The fourth-order valence-corrected chi connectivity index (χ4v) is 3.12. The first-order valence-corrected chi connectivity index (χ1v) is 8.76. The second kappa shape index (κ2) is 7.94. The lowest BCUT2D eigenvalue weighted by molar-refractivity contribution is -0.119. The molecule has 0 radical (unpaired) electrons. The van der Waals surface area contributed by atoms with Gasteiger partial charge in [-0.05, 0) is 37.4 Å². The van der Waals surface area contributed by atoms with E-state index in [0.717, 1.165) is 16.2 Å². The number of para-hydroxylation sites is 1. The molecule has 5 nitrogen and oxygen atoms in total. The van der Waals surface area contributed by atoms with Crippen molar-refractivity contribution in [1.82, 2.24) is 0 Å². The Labute approximate surface area is 142 Å². The van der Waals surface area contributed by atoms with Gasteiger partial charge >= 0.3 is 5.97 Å². The SMILES string of the molecule is CSc1ccccc1NC(=O)COC(=O)c1ccc(C(C)=O)s1. The molecule has 1 heterocycles. The third-order valence-corrected chi connectivity index (χ3v) is 4.83. The molecular formula is C16H15NO4S2. The van der Waals surface area contributed by atoms with Crippen molar-refractivity contribution in [3.8, 4) is 0 Å². The maximum Gasteiger partial charge on any atom is 0.348 e. The number of ether oxygens (including phenoxy) is 1. The molecule has 1 aromatic carbocycles. The quantitative estimate of drug-likeness (QED) is 0.491. The average molecular weight is 349 g/mol. The van der Waals surface area contributed by atoms with E-state index in [0.29, 0.717) is 15.4 Å². The molecule has 0 aliphatic carbocycles. The molecule has 0 aliphatic heterocycles. The Morgan fingerprint density at radius 2 is 1.83 bits per heavy atom. The van der Waals surface area contributed by atoms with Crippen LogP contribution in [0, 0.1) is 0 Å². The van der Waals surface area contributed by atoms with Crippen LogP contribution in [0.5, 0.6) is 0 Å². The van der Waals surface area contributed by atoms with E-state index in [1.165, 1.54) is 24.8 Å². The summed E-state index contributed by atoms with van der Waals surface area (Å²) in [5.74, 6) is -1.14. The van der Waals surface area contributed by atoms with E-state index in [1.54, 1.807) is 12.1 Å². The fourth-order valence-electron chi connectivity index (χ4n) is 1.77. The smallest absolute Gasteiger partial charge is 0.348 e. The lowest BCUT2D eigenvalue weighted by atomic mass is 10.3. The molecule has 2 aromatic rings. The number of ketones is 1. The van der Waals surface area contributed by atoms with E-state index in [2.05, 4.69) is 5.32 Å². The molecule has 1 N–H and O–H groups in total. The number of benzene rings is 1. The first-order valence-electron chi connectivity index (χ1n) is 6.72. The van der Waals surface area contributed by atoms with Crippen LogP contribution in [0.1, 0.15) is 26.3 Å². The van der Waals surface area contributed by atoms with Gasteiger partial charge in [-0.15, -0.1) is 23.1 Å². The van der Waals surface area contributed by atoms with Crippen molar-refractivity contribution in [3.63, 3.8) is 0 Å². The van der Waals surface area contributed by atoms with Crippen molar-refractivity contribution in [2.75, 3.05) is 18.2 Å². The molecule has 7 heteroatoms. The Balaban J connectivity index is 1.90. The van der Waals surface area contributed by atoms with E-state index in [1.807, 2.05) is 24.5 Å². The van der Waals surface area contributed by atoms with Crippen molar-refractivity contribution in [3.05, 3.63) is 46.2 Å². The number of anilines is 1. The van der Waals surface area contributed by atoms with Crippen LogP contribution in [0.25, 0.3) is 0 Å². The lowest BCUT2D eigenvalue weighted by Crippen LogP contribution is -2.20. The Bertz CT molecular complexity index is 739. The predicted molar refractivity (Wildman–Crippen MR) is 91.5 cm³/mol. The number of Topliss-reactive ketones (excluding diaryl/α,β-unsaturated/α-hetero) is 1. The zero-order valence-corrected chi connectivity index (χ0v) is 14.3. The first kappa shape index (κ1) is 17.2. The van der Waals surface area contributed by atoms with Crippen LogP contribution in [0.4, 0.5) is 5.69 Å². The summed E-state index contributed by atoms with van der Waals surface area (Å²) in [6.07, 6.45) is 1.91. The number of nitrogens with one attached hydrogen (secondary N) is 1. The highest BCUT2D eigenvalue weighted by atomic mass is 32.2. The highest BCUT2D eigenvalue weighted by molar-refractivity contribution is 7.98. The second-order valence-corrected chi connectivity index (χ2v) is 6.48. The minimum atomic E-state index is -0.615. The van der Waals surface area contributed by atoms with Crippen molar-refractivity contribution in [1.29, 1.82) is 0 Å². The van der Waals surface area contributed by atoms with Gasteiger partial charge in [0.15, 0.2) is 12.4 Å². The van der Waals surface area contributed by atoms with E-state index in [-0.39, 0.29) is 12.4 Å². The molecule has 120 valence electrons. The van der Waals surface area contributed by atoms with Crippen molar-refractivity contribution < 1.29 is 19.1 Å². The summed E-state index contributed by atoms with van der Waals surface area (Å²) in [6.45, 7) is 1.05. The van der Waals surface area contributed by atoms with Gasteiger partial charge in [-0.1, -0.05) is 12.1 Å². The van der Waals surface area contributed by atoms with Gasteiger partial charge in [-0.25, -0.2) is 4.79 Å². The van der Waals surface area contributed by atoms with Gasteiger partial charge in [0.25, 0.3) is 5.91 Å². The largest absolute Gasteiger partial charge is 0.451 e. The number of amides is 1. The van der Waals surface area contributed by atoms with Gasteiger partial charge in [0.05, 0.1) is 10.6 Å². The Kier molecular flexibility index (Phi) is 5.95. The van der Waals surface area contributed by atoms with Gasteiger partial charge in [0.2, 0.25) is 0 Å². The molecule has 0 unspecified atom stereocenters. The predicted octanol–water partition coefficient (Wildman–Crippen LogP) is 3.47. The maximum atomic E-state index is 11.9. The topological polar surface area (TPSA) is 72.5 Å². The van der Waals surface area contributed by atoms with Crippen LogP contribution >= 0.6 is 23.1 Å². The molecule has 0 saturated heterocycles. The van der Waals surface area contributed by atoms with Gasteiger partial charge < -0.3 is 10.1 Å². The Morgan fingerprint density at radius 1 is 1.13 bits per heavy atom. The maximum absolute atomic E-state index is 11.9. The highest BCUT2D eigenvalue weighted by Gasteiger charge is 2.15. The van der Waals surface area contributed by atoms with Crippen LogP contribution in [0.15, 0.2) is 41.3 Å². The zero-order valence-electron chi connectivity index (χ0n) is 12.6. The van der Waals surface area contributed by atoms with Crippen LogP contribution in [-0.2, 0) is 9.53 Å². The second-order valence-electron chi connectivity index (χ2n) is 4.54. The van der Waals surface area contributed by atoms with Crippen LogP contribution < -0.4 is 5.32 Å². The lowest BCUT2D eigenvalue weighted by Gasteiger charge is -2.09. The van der Waals surface area contributed by atoms with E-state index in [9.17, 15) is 14.4 Å². The number of carbonyl (C=O) groups excluding carboxylic acids is 3. The van der Waals surface area contributed by atoms with E-state index < -0.39 is 11.9 Å². The molecule has 0 bridgehead atoms. The van der Waals surface area contributed by atoms with Crippen LogP contribution in [0.2, 0.25) is 0 Å². The average Bonchev–Trinajstić information content (AvgIpc) is 3.03. The number of hydrogen-bond donors (Lipinski definition) is 1. The number of thioether (sulfide) groups is 1. The standard InChI is InChI=1S/C16H15NO4S2/c1-10(18)12-7-8-14(23-12)16(20)21-9-15(19)17-11-5-3-4-6-13(11)22-2/h3-8H,9H2,1-2H3,(H,17,19). The van der Waals surface area contributed by atoms with Gasteiger partial charge in [0, 0.05) is 4.90 Å². The van der Waals surface area contributed by atoms with Crippen LogP contribution in [0.3, 0.4) is 0 Å². The van der Waals surface area contributed by atoms with Gasteiger partial charge in [-0.3, -0.25) is 9.59 Å². The minimum Gasteiger partial charge on any atom is -0.451 e. The highest BCUT2D eigenvalue weighted by Crippen LogP contribution is 2.24. The van der Waals surface area contributed by atoms with Crippen molar-refractivity contribution >= 4 is 46.4 Å². The molecule has 0 atom stereocenters. The summed E-state index contributed by atoms with van der Waals surface area (Å²) in [4.78, 5) is 36.6. The Hall–Kier alpha value is -2.12. The number of thiophene rings is 1. The molecule has 0 fully saturated rings. The third kappa shape index (κ3) is 4.67. The van der Waals surface area contributed by atoms with Crippen LogP contribution in [-0.4, -0.2) is 30.5 Å². The molecule has 0 saturated carbocycles. The monoisotopic (exact) mass is 349 g/mol. The van der Waals surface area contributed by atoms with Gasteiger partial charge in [0.1, 0.15) is 4.88 Å². The number of esters is 1. The van der Waals surface area contributed by atoms with E-state index in [4.69, 9.17) is 4.74 Å². The fraction of sp³-hybridized carbons (Fsp3) is 0.188. The number of carbonyl (C=O) groups is 3. The minimum absolute atomic E-state index is 0.111. The molecule has 0 aliphatic rings. The third-order valence-electron chi connectivity index (χ3n) is 2.87. The van der Waals surface area contributed by atoms with Crippen molar-refractivity contribution in [2.24, 2.45) is 0 Å². The summed E-state index contributed by atoms with van der Waals surface area (Å²) < 4.78 is 4.97. The van der Waals surface area contributed by atoms with Crippen molar-refractivity contribution in [2.45, 2.75) is 11.8 Å². The molecule has 0 spiro atoms. The molecule has 23 heavy (non-hydrogen) atoms. The Morgan fingerprint density at radius 3 is 2.48 bits per heavy atom. The van der Waals surface area contributed by atoms with E-state index >= 15 is 0 Å². The molecule has 1 aromatic heterocycles. The molecular weight excluding hydrogens is 334 g/mol. The normalized spacial score (nSPS) is 10.2. The number of rotatable bonds is 6. The van der Waals surface area contributed by atoms with Gasteiger partial charge in [-0.2, -0.15) is 0 Å². The zero-order chi connectivity index (χ0) is 16.8. The summed E-state index contributed by atoms with van der Waals surface area (Å²) in [5.41, 5.74) is 0.677.